The zero-order valence-corrected chi connectivity index (χ0v) is 13.0. The molecule has 0 radical (unpaired) electrons. The Bertz CT molecular complexity index is 504. The fourth-order valence-corrected chi connectivity index (χ4v) is 3.34. The van der Waals surface area contributed by atoms with Gasteiger partial charge >= 0.3 is 0 Å². The van der Waals surface area contributed by atoms with Crippen molar-refractivity contribution in [3.63, 3.8) is 0 Å². The van der Waals surface area contributed by atoms with Crippen LogP contribution in [-0.2, 0) is 0 Å². The maximum atomic E-state index is 14.0. The number of hydrogen-bond donors (Lipinski definition) is 1. The smallest absolute Gasteiger partial charge is 0.130 e. The summed E-state index contributed by atoms with van der Waals surface area (Å²) in [6.07, 6.45) is 5.41. The molecule has 0 bridgehead atoms. The molecule has 1 saturated carbocycles. The Labute approximate surface area is 127 Å². The third kappa shape index (κ3) is 3.21. The van der Waals surface area contributed by atoms with E-state index >= 15 is 0 Å². The van der Waals surface area contributed by atoms with Gasteiger partial charge in [-0.2, -0.15) is 5.26 Å². The minimum Gasteiger partial charge on any atom is -0.387 e. The van der Waals surface area contributed by atoms with Crippen molar-refractivity contribution in [1.29, 1.82) is 5.26 Å². The second-order valence-electron chi connectivity index (χ2n) is 5.60. The van der Waals surface area contributed by atoms with E-state index < -0.39 is 17.3 Å². The molecule has 4 heteroatoms. The van der Waals surface area contributed by atoms with Crippen LogP contribution in [0.2, 0.25) is 0 Å². The SMILES string of the molecule is N#CC1(C(O)c2ccc(Br)cc2F)CCCCCCC1. The standard InChI is InChI=1S/C16H19BrFNO/c17-12-6-7-13(14(18)10-12)15(20)16(11-19)8-4-2-1-3-5-9-16/h6-7,10,15,20H,1-5,8-9H2. The van der Waals surface area contributed by atoms with E-state index in [2.05, 4.69) is 22.0 Å². The minimum absolute atomic E-state index is 0.232. The molecule has 1 aromatic rings. The summed E-state index contributed by atoms with van der Waals surface area (Å²) in [6.45, 7) is 0. The Hall–Kier alpha value is -0.920. The number of nitriles is 1. The van der Waals surface area contributed by atoms with Gasteiger partial charge in [0.2, 0.25) is 0 Å². The second-order valence-corrected chi connectivity index (χ2v) is 6.52. The van der Waals surface area contributed by atoms with Gasteiger partial charge < -0.3 is 5.11 Å². The highest BCUT2D eigenvalue weighted by atomic mass is 79.9. The van der Waals surface area contributed by atoms with Gasteiger partial charge in [-0.25, -0.2) is 4.39 Å². The Morgan fingerprint density at radius 1 is 1.20 bits per heavy atom. The zero-order valence-electron chi connectivity index (χ0n) is 11.4. The molecule has 20 heavy (non-hydrogen) atoms. The summed E-state index contributed by atoms with van der Waals surface area (Å²) in [4.78, 5) is 0. The Morgan fingerprint density at radius 2 is 1.80 bits per heavy atom. The quantitative estimate of drug-likeness (QED) is 0.834. The normalized spacial score (nSPS) is 20.5. The van der Waals surface area contributed by atoms with E-state index in [1.165, 1.54) is 12.5 Å². The fourth-order valence-electron chi connectivity index (χ4n) is 3.00. The Balaban J connectivity index is 2.31. The largest absolute Gasteiger partial charge is 0.387 e. The molecule has 0 amide bonds. The van der Waals surface area contributed by atoms with E-state index in [1.807, 2.05) is 0 Å². The summed E-state index contributed by atoms with van der Waals surface area (Å²) >= 11 is 3.21. The first-order valence-corrected chi connectivity index (χ1v) is 7.93. The van der Waals surface area contributed by atoms with E-state index in [9.17, 15) is 14.8 Å². The van der Waals surface area contributed by atoms with Crippen molar-refractivity contribution in [2.24, 2.45) is 5.41 Å². The predicted molar refractivity (Wildman–Crippen MR) is 79.4 cm³/mol. The van der Waals surface area contributed by atoms with Gasteiger partial charge in [0, 0.05) is 10.0 Å². The van der Waals surface area contributed by atoms with Crippen molar-refractivity contribution >= 4 is 15.9 Å². The summed E-state index contributed by atoms with van der Waals surface area (Å²) < 4.78 is 14.7. The molecule has 1 unspecified atom stereocenters. The van der Waals surface area contributed by atoms with E-state index in [0.717, 1.165) is 25.7 Å². The van der Waals surface area contributed by atoms with Crippen LogP contribution in [0.1, 0.15) is 56.6 Å². The van der Waals surface area contributed by atoms with Crippen LogP contribution in [0.4, 0.5) is 4.39 Å². The van der Waals surface area contributed by atoms with Crippen LogP contribution in [0.5, 0.6) is 0 Å². The molecular weight excluding hydrogens is 321 g/mol. The third-order valence-corrected chi connectivity index (χ3v) is 4.74. The number of hydrogen-bond acceptors (Lipinski definition) is 2. The molecule has 0 spiro atoms. The summed E-state index contributed by atoms with van der Waals surface area (Å²) in [5.41, 5.74) is -0.620. The molecular formula is C16H19BrFNO. The fraction of sp³-hybridized carbons (Fsp3) is 0.562. The van der Waals surface area contributed by atoms with E-state index in [0.29, 0.717) is 17.3 Å². The molecule has 2 rings (SSSR count). The maximum absolute atomic E-state index is 14.0. The number of aliphatic hydroxyl groups excluding tert-OH is 1. The lowest BCUT2D eigenvalue weighted by molar-refractivity contribution is 0.0407. The van der Waals surface area contributed by atoms with Crippen molar-refractivity contribution in [3.8, 4) is 6.07 Å². The third-order valence-electron chi connectivity index (χ3n) is 4.25. The second kappa shape index (κ2) is 6.69. The van der Waals surface area contributed by atoms with Crippen LogP contribution in [-0.4, -0.2) is 5.11 Å². The van der Waals surface area contributed by atoms with E-state index in [4.69, 9.17) is 0 Å². The molecule has 1 aliphatic carbocycles. The average molecular weight is 340 g/mol. The highest BCUT2D eigenvalue weighted by molar-refractivity contribution is 9.10. The van der Waals surface area contributed by atoms with Crippen molar-refractivity contribution in [2.75, 3.05) is 0 Å². The molecule has 108 valence electrons. The van der Waals surface area contributed by atoms with Gasteiger partial charge in [-0.3, -0.25) is 0 Å². The molecule has 0 aromatic heterocycles. The molecule has 2 nitrogen and oxygen atoms in total. The lowest BCUT2D eigenvalue weighted by Gasteiger charge is -2.33. The van der Waals surface area contributed by atoms with Crippen LogP contribution in [0.3, 0.4) is 0 Å². The molecule has 1 fully saturated rings. The van der Waals surface area contributed by atoms with Gasteiger partial charge in [0.15, 0.2) is 0 Å². The maximum Gasteiger partial charge on any atom is 0.130 e. The number of benzene rings is 1. The first-order valence-electron chi connectivity index (χ1n) is 7.13. The van der Waals surface area contributed by atoms with Crippen LogP contribution >= 0.6 is 15.9 Å². The topological polar surface area (TPSA) is 44.0 Å². The van der Waals surface area contributed by atoms with Crippen LogP contribution in [0.25, 0.3) is 0 Å². The number of aliphatic hydroxyl groups is 1. The number of halogens is 2. The number of nitrogens with zero attached hydrogens (tertiary/aromatic N) is 1. The van der Waals surface area contributed by atoms with Gasteiger partial charge in [-0.1, -0.05) is 54.1 Å². The zero-order chi connectivity index (χ0) is 14.6. The molecule has 0 aliphatic heterocycles. The van der Waals surface area contributed by atoms with Gasteiger partial charge in [0.1, 0.15) is 11.9 Å². The lowest BCUT2D eigenvalue weighted by Crippen LogP contribution is -2.29. The lowest BCUT2D eigenvalue weighted by atomic mass is 9.71. The van der Waals surface area contributed by atoms with Crippen molar-refractivity contribution in [3.05, 3.63) is 34.1 Å². The van der Waals surface area contributed by atoms with Crippen molar-refractivity contribution < 1.29 is 9.50 Å². The monoisotopic (exact) mass is 339 g/mol. The van der Waals surface area contributed by atoms with E-state index in [1.54, 1.807) is 12.1 Å². The summed E-state index contributed by atoms with van der Waals surface area (Å²) in [5.74, 6) is -0.455. The van der Waals surface area contributed by atoms with Gasteiger partial charge in [-0.15, -0.1) is 0 Å². The van der Waals surface area contributed by atoms with Crippen LogP contribution in [0.15, 0.2) is 22.7 Å². The highest BCUT2D eigenvalue weighted by Crippen LogP contribution is 2.44. The van der Waals surface area contributed by atoms with Gasteiger partial charge in [0.25, 0.3) is 0 Å². The predicted octanol–water partition coefficient (Wildman–Crippen LogP) is 4.88. The molecule has 1 atom stereocenters. The first-order chi connectivity index (χ1) is 9.59. The molecule has 0 heterocycles. The minimum atomic E-state index is -1.06. The summed E-state index contributed by atoms with van der Waals surface area (Å²) in [7, 11) is 0. The van der Waals surface area contributed by atoms with Crippen molar-refractivity contribution in [2.45, 2.75) is 51.0 Å². The van der Waals surface area contributed by atoms with Gasteiger partial charge in [0.05, 0.1) is 11.5 Å². The number of rotatable bonds is 2. The average Bonchev–Trinajstić information content (AvgIpc) is 2.38. The Morgan fingerprint density at radius 3 is 2.35 bits per heavy atom. The van der Waals surface area contributed by atoms with Crippen LogP contribution in [0, 0.1) is 22.6 Å². The first kappa shape index (κ1) is 15.5. The molecule has 1 aliphatic rings. The summed E-state index contributed by atoms with van der Waals surface area (Å²) in [6, 6.07) is 6.91. The van der Waals surface area contributed by atoms with E-state index in [-0.39, 0.29) is 5.56 Å². The van der Waals surface area contributed by atoms with Crippen LogP contribution < -0.4 is 0 Å². The Kier molecular flexibility index (Phi) is 5.17. The molecule has 1 N–H and O–H groups in total. The summed E-state index contributed by atoms with van der Waals surface area (Å²) in [5, 5.41) is 20.2. The van der Waals surface area contributed by atoms with Crippen molar-refractivity contribution in [1.82, 2.24) is 0 Å². The highest BCUT2D eigenvalue weighted by Gasteiger charge is 2.39. The molecule has 1 aromatic carbocycles. The molecule has 0 saturated heterocycles. The van der Waals surface area contributed by atoms with Gasteiger partial charge in [-0.05, 0) is 25.0 Å².